The van der Waals surface area contributed by atoms with Crippen LogP contribution in [0.5, 0.6) is 5.75 Å². The third kappa shape index (κ3) is 4.65. The van der Waals surface area contributed by atoms with Gasteiger partial charge in [-0.15, -0.1) is 0 Å². The van der Waals surface area contributed by atoms with Crippen LogP contribution in [0.2, 0.25) is 0 Å². The summed E-state index contributed by atoms with van der Waals surface area (Å²) in [4.78, 5) is 11.5. The van der Waals surface area contributed by atoms with E-state index in [2.05, 4.69) is 4.18 Å². The molecule has 1 saturated heterocycles. The van der Waals surface area contributed by atoms with E-state index in [1.165, 1.54) is 6.07 Å². The quantitative estimate of drug-likeness (QED) is 0.269. The third-order valence-electron chi connectivity index (χ3n) is 8.58. The average molecular weight is 548 g/mol. The Morgan fingerprint density at radius 1 is 1.22 bits per heavy atom. The van der Waals surface area contributed by atoms with E-state index in [4.69, 9.17) is 18.1 Å². The van der Waals surface area contributed by atoms with Gasteiger partial charge in [-0.2, -0.15) is 8.42 Å². The predicted octanol–water partition coefficient (Wildman–Crippen LogP) is -0.0275. The maximum atomic E-state index is 11.5. The number of aliphatic carboxylic acids is 1. The largest absolute Gasteiger partial charge is 0.479 e. The molecule has 13 heteroatoms. The number of carbonyl (C=O) groups is 1. The molecule has 11 atom stereocenters. The minimum absolute atomic E-state index is 0.125. The molecule has 5 rings (SSSR count). The van der Waals surface area contributed by atoms with Crippen molar-refractivity contribution in [3.63, 3.8) is 0 Å². The topological polar surface area (TPSA) is 200 Å². The first-order valence-corrected chi connectivity index (χ1v) is 13.4. The molecule has 0 unspecified atom stereocenters. The van der Waals surface area contributed by atoms with Crippen LogP contribution in [-0.2, 0) is 31.1 Å². The zero-order valence-corrected chi connectivity index (χ0v) is 20.7. The molecule has 6 N–H and O–H groups in total. The van der Waals surface area contributed by atoms with Gasteiger partial charge in [-0.25, -0.2) is 4.79 Å². The molecule has 206 valence electrons. The summed E-state index contributed by atoms with van der Waals surface area (Å²) in [6.45, 7) is 1.76. The molecule has 37 heavy (non-hydrogen) atoms. The lowest BCUT2D eigenvalue weighted by atomic mass is 9.55. The highest BCUT2D eigenvalue weighted by atomic mass is 32.3. The van der Waals surface area contributed by atoms with Gasteiger partial charge in [0.25, 0.3) is 0 Å². The van der Waals surface area contributed by atoms with Gasteiger partial charge in [0.2, 0.25) is 0 Å². The first kappa shape index (κ1) is 23.1. The van der Waals surface area contributed by atoms with Gasteiger partial charge in [0.05, 0.1) is 16.3 Å². The fourth-order valence-corrected chi connectivity index (χ4v) is 7.08. The summed E-state index contributed by atoms with van der Waals surface area (Å²) >= 11 is 0. The lowest BCUT2D eigenvalue weighted by Crippen LogP contribution is -2.61. The van der Waals surface area contributed by atoms with Crippen LogP contribution in [0, 0.1) is 17.3 Å². The number of benzene rings is 1. The maximum absolute atomic E-state index is 11.5. The summed E-state index contributed by atoms with van der Waals surface area (Å²) < 4.78 is 72.6. The Balaban J connectivity index is 1.42. The Kier molecular flexibility index (Phi) is 5.87. The minimum Gasteiger partial charge on any atom is -0.479 e. The van der Waals surface area contributed by atoms with E-state index in [0.29, 0.717) is 36.8 Å². The van der Waals surface area contributed by atoms with Crippen molar-refractivity contribution in [3.8, 4) is 5.75 Å². The Labute approximate surface area is 218 Å². The highest BCUT2D eigenvalue weighted by Gasteiger charge is 2.59. The minimum atomic E-state index is -4.93. The van der Waals surface area contributed by atoms with Gasteiger partial charge in [-0.1, -0.05) is 13.0 Å². The predicted molar refractivity (Wildman–Crippen MR) is 124 cm³/mol. The summed E-state index contributed by atoms with van der Waals surface area (Å²) in [6.07, 6.45) is -10.9. The molecule has 2 saturated carbocycles. The smallest absolute Gasteiger partial charge is 0.446 e. The van der Waals surface area contributed by atoms with Gasteiger partial charge in [-0.05, 0) is 78.5 Å². The number of carboxylic acid groups (broad SMARTS) is 1. The van der Waals surface area contributed by atoms with E-state index < -0.39 is 70.4 Å². The summed E-state index contributed by atoms with van der Waals surface area (Å²) in [7, 11) is -4.93. The summed E-state index contributed by atoms with van der Waals surface area (Å²) in [5, 5.41) is 51.3. The maximum Gasteiger partial charge on any atom is 0.446 e. The van der Waals surface area contributed by atoms with E-state index >= 15 is 0 Å². The first-order valence-electron chi connectivity index (χ1n) is 13.6. The monoisotopic (exact) mass is 547 g/mol. The van der Waals surface area contributed by atoms with Gasteiger partial charge in [0.1, 0.15) is 24.1 Å². The van der Waals surface area contributed by atoms with Gasteiger partial charge in [0.15, 0.2) is 12.4 Å². The molecular formula is C24H32O12S. The molecule has 1 aromatic rings. The van der Waals surface area contributed by atoms with Crippen molar-refractivity contribution in [1.82, 2.24) is 0 Å². The zero-order chi connectivity index (χ0) is 29.5. The molecule has 3 fully saturated rings. The van der Waals surface area contributed by atoms with Gasteiger partial charge in [-0.3, -0.25) is 4.55 Å². The van der Waals surface area contributed by atoms with Crippen molar-refractivity contribution in [3.05, 3.63) is 29.3 Å². The van der Waals surface area contributed by atoms with E-state index in [9.17, 15) is 38.7 Å². The van der Waals surface area contributed by atoms with E-state index in [0.717, 1.165) is 0 Å². The number of ether oxygens (including phenoxy) is 2. The van der Waals surface area contributed by atoms with Crippen LogP contribution in [0.1, 0.15) is 53.8 Å². The van der Waals surface area contributed by atoms with Gasteiger partial charge in [0, 0.05) is 0 Å². The van der Waals surface area contributed by atoms with E-state index in [1.807, 2.05) is 0 Å². The Morgan fingerprint density at radius 3 is 2.62 bits per heavy atom. The van der Waals surface area contributed by atoms with Crippen molar-refractivity contribution in [2.75, 3.05) is 0 Å². The highest BCUT2D eigenvalue weighted by Crippen LogP contribution is 2.61. The highest BCUT2D eigenvalue weighted by molar-refractivity contribution is 7.81. The SMILES string of the molecule is [2H]c1cc2c(c([2H])c1OS(=O)(=O)O)CC[C@@H]1[C@@H]2CC[C@@]2(C)[C@H]1C[C@@H](O[C@@H]1O[C@H](C(=O)O)[C@@H](O)[C@H](O)[C@H]1O)[C@]2([2H])O. The average Bonchev–Trinajstić information content (AvgIpc) is 3.06. The van der Waals surface area contributed by atoms with Crippen LogP contribution in [0.3, 0.4) is 0 Å². The fourth-order valence-electron chi connectivity index (χ4n) is 6.78. The van der Waals surface area contributed by atoms with E-state index in [1.54, 1.807) is 6.92 Å². The molecular weight excluding hydrogens is 512 g/mol. The van der Waals surface area contributed by atoms with Crippen LogP contribution in [-0.4, -0.2) is 87.4 Å². The molecule has 0 aromatic heterocycles. The zero-order valence-electron chi connectivity index (χ0n) is 22.9. The van der Waals surface area contributed by atoms with Crippen molar-refractivity contribution >= 4 is 16.4 Å². The number of hydrogen-bond donors (Lipinski definition) is 6. The van der Waals surface area contributed by atoms with Crippen LogP contribution >= 0.6 is 0 Å². The molecule has 0 spiro atoms. The number of hydrogen-bond acceptors (Lipinski definition) is 10. The normalized spacial score (nSPS) is 46.5. The van der Waals surface area contributed by atoms with Crippen molar-refractivity contribution < 1.29 is 61.1 Å². The molecule has 4 aliphatic rings. The molecule has 0 amide bonds. The Bertz CT molecular complexity index is 1310. The van der Waals surface area contributed by atoms with Gasteiger partial charge < -0.3 is 39.2 Å². The molecule has 1 aromatic carbocycles. The third-order valence-corrected chi connectivity index (χ3v) is 8.96. The second-order valence-corrected chi connectivity index (χ2v) is 11.6. The van der Waals surface area contributed by atoms with Crippen LogP contribution in [0.25, 0.3) is 0 Å². The van der Waals surface area contributed by atoms with Crippen LogP contribution in [0.4, 0.5) is 0 Å². The number of carboxylic acids is 1. The number of aliphatic hydroxyl groups excluding tert-OH is 3. The van der Waals surface area contributed by atoms with Crippen molar-refractivity contribution in [2.45, 2.75) is 87.8 Å². The molecule has 0 radical (unpaired) electrons. The molecule has 1 aliphatic heterocycles. The lowest BCUT2D eigenvalue weighted by molar-refractivity contribution is -0.309. The lowest BCUT2D eigenvalue weighted by Gasteiger charge is -2.49. The summed E-state index contributed by atoms with van der Waals surface area (Å²) in [5.41, 5.74) is 0.167. The second kappa shape index (κ2) is 9.42. The van der Waals surface area contributed by atoms with Crippen molar-refractivity contribution in [1.29, 1.82) is 0 Å². The molecule has 3 aliphatic carbocycles. The molecule has 0 bridgehead atoms. The van der Waals surface area contributed by atoms with Crippen LogP contribution < -0.4 is 4.18 Å². The fraction of sp³-hybridized carbons (Fsp3) is 0.708. The Morgan fingerprint density at radius 2 is 1.95 bits per heavy atom. The number of aliphatic hydroxyl groups is 4. The Hall–Kier alpha value is -1.84. The van der Waals surface area contributed by atoms with Gasteiger partial charge >= 0.3 is 16.4 Å². The summed E-state index contributed by atoms with van der Waals surface area (Å²) in [5.74, 6) is -2.77. The first-order chi connectivity index (χ1) is 18.5. The van der Waals surface area contributed by atoms with E-state index in [-0.39, 0.29) is 36.3 Å². The molecule has 1 heterocycles. The van der Waals surface area contributed by atoms with Crippen molar-refractivity contribution in [2.24, 2.45) is 17.3 Å². The second-order valence-electron chi connectivity index (χ2n) is 10.5. The van der Waals surface area contributed by atoms with Crippen LogP contribution in [0.15, 0.2) is 18.2 Å². The number of fused-ring (bicyclic) bond motifs is 5. The molecule has 12 nitrogen and oxygen atoms in total. The standard InChI is InChI=1S/C24H32O12S/c1-24-7-6-13-12-5-3-11(36-37(31,32)33)8-10(12)2-4-14(13)15(24)9-16(21(24)28)34-23-19(27)17(25)18(26)20(35-23)22(29)30/h3,5,8,13-21,23,25-28H,2,4,6-7,9H2,1H3,(H,29,30)(H,31,32,33)/t13-,14-,15+,16-,17+,18+,19-,20+,21+,23-,24+/m1/s1/i3D,8D,21D. The summed E-state index contributed by atoms with van der Waals surface area (Å²) in [6, 6.07) is 0.750. The number of rotatable bonds is 5.